The monoisotopic (exact) mass is 461 g/mol. The molecule has 0 aliphatic heterocycles. The zero-order valence-corrected chi connectivity index (χ0v) is 18.8. The lowest BCUT2D eigenvalue weighted by Crippen LogP contribution is -1.96. The largest absolute Gasteiger partial charge is 0.330 e. The molecular formula is C23H19Cl3NOP. The molecule has 0 unspecified atom stereocenters. The van der Waals surface area contributed by atoms with Crippen molar-refractivity contribution in [1.29, 1.82) is 0 Å². The summed E-state index contributed by atoms with van der Waals surface area (Å²) in [5.41, 5.74) is 3.10. The van der Waals surface area contributed by atoms with Crippen LogP contribution in [0.15, 0.2) is 90.5 Å². The van der Waals surface area contributed by atoms with Gasteiger partial charge in [-0.05, 0) is 41.8 Å². The van der Waals surface area contributed by atoms with E-state index in [2.05, 4.69) is 5.09 Å². The van der Waals surface area contributed by atoms with Crippen LogP contribution >= 0.6 is 42.1 Å². The second-order valence-corrected chi connectivity index (χ2v) is 9.88. The first-order chi connectivity index (χ1) is 13.9. The Morgan fingerprint density at radius 1 is 0.828 bits per heavy atom. The molecule has 0 aliphatic carbocycles. The molecule has 3 rings (SSSR count). The Labute approximate surface area is 186 Å². The lowest BCUT2D eigenvalue weighted by Gasteiger charge is -2.17. The first-order valence-electron chi connectivity index (χ1n) is 8.88. The van der Waals surface area contributed by atoms with Crippen molar-refractivity contribution >= 4 is 57.8 Å². The van der Waals surface area contributed by atoms with Gasteiger partial charge in [-0.3, -0.25) is 4.57 Å². The molecule has 1 N–H and O–H groups in total. The molecule has 0 atom stereocenters. The Balaban J connectivity index is 2.06. The molecule has 0 radical (unpaired) electrons. The van der Waals surface area contributed by atoms with E-state index in [1.54, 1.807) is 18.2 Å². The minimum atomic E-state index is -3.31. The number of anilines is 1. The maximum absolute atomic E-state index is 13.9. The van der Waals surface area contributed by atoms with E-state index < -0.39 is 7.29 Å². The van der Waals surface area contributed by atoms with E-state index in [4.69, 9.17) is 34.8 Å². The van der Waals surface area contributed by atoms with Crippen LogP contribution in [0.25, 0.3) is 10.1 Å². The summed E-state index contributed by atoms with van der Waals surface area (Å²) in [6, 6.07) is 24.1. The van der Waals surface area contributed by atoms with Crippen molar-refractivity contribution in [3.8, 4) is 0 Å². The van der Waals surface area contributed by atoms with Gasteiger partial charge in [0.15, 0.2) is 0 Å². The molecule has 0 spiro atoms. The van der Waals surface area contributed by atoms with E-state index in [-0.39, 0.29) is 0 Å². The Kier molecular flexibility index (Phi) is 7.27. The standard InChI is InChI=1S/C23H19Cl3NOP/c1-17-14-20(24)12-13-23(17)27-29(28,15-21(25)18-8-4-2-5-9-18)16-22(26)19-10-6-3-7-11-19/h2-16H,1H3,(H,27,28). The van der Waals surface area contributed by atoms with Gasteiger partial charge in [0.05, 0.1) is 10.1 Å². The zero-order chi connectivity index (χ0) is 20.9. The van der Waals surface area contributed by atoms with Crippen molar-refractivity contribution in [2.75, 3.05) is 5.09 Å². The van der Waals surface area contributed by atoms with E-state index in [0.29, 0.717) is 20.8 Å². The fourth-order valence-electron chi connectivity index (χ4n) is 2.72. The van der Waals surface area contributed by atoms with Gasteiger partial charge in [-0.2, -0.15) is 0 Å². The lowest BCUT2D eigenvalue weighted by atomic mass is 10.2. The van der Waals surface area contributed by atoms with Crippen LogP contribution in [0.1, 0.15) is 16.7 Å². The van der Waals surface area contributed by atoms with Gasteiger partial charge in [-0.1, -0.05) is 95.5 Å². The Morgan fingerprint density at radius 2 is 1.31 bits per heavy atom. The van der Waals surface area contributed by atoms with Crippen molar-refractivity contribution in [1.82, 2.24) is 0 Å². The van der Waals surface area contributed by atoms with Crippen LogP contribution in [0.3, 0.4) is 0 Å². The van der Waals surface area contributed by atoms with E-state index in [1.165, 1.54) is 11.6 Å². The van der Waals surface area contributed by atoms with E-state index in [0.717, 1.165) is 16.7 Å². The third kappa shape index (κ3) is 6.01. The highest BCUT2D eigenvalue weighted by Gasteiger charge is 2.20. The van der Waals surface area contributed by atoms with Crippen molar-refractivity contribution in [3.05, 3.63) is 112 Å². The molecule has 0 saturated carbocycles. The van der Waals surface area contributed by atoms with Crippen molar-refractivity contribution in [2.24, 2.45) is 0 Å². The average Bonchev–Trinajstić information content (AvgIpc) is 2.71. The quantitative estimate of drug-likeness (QED) is 0.371. The van der Waals surface area contributed by atoms with Crippen molar-refractivity contribution in [2.45, 2.75) is 6.92 Å². The van der Waals surface area contributed by atoms with Gasteiger partial charge in [-0.15, -0.1) is 0 Å². The summed E-state index contributed by atoms with van der Waals surface area (Å²) < 4.78 is 13.9. The highest BCUT2D eigenvalue weighted by molar-refractivity contribution is 7.72. The highest BCUT2D eigenvalue weighted by Crippen LogP contribution is 2.54. The molecule has 0 aromatic heterocycles. The third-order valence-electron chi connectivity index (χ3n) is 4.19. The van der Waals surface area contributed by atoms with Gasteiger partial charge in [0, 0.05) is 22.3 Å². The summed E-state index contributed by atoms with van der Waals surface area (Å²) in [4.78, 5) is 0. The number of hydrogen-bond acceptors (Lipinski definition) is 1. The van der Waals surface area contributed by atoms with E-state index in [1.807, 2.05) is 67.6 Å². The van der Waals surface area contributed by atoms with E-state index >= 15 is 0 Å². The SMILES string of the molecule is Cc1cc(Cl)ccc1NP(=O)(C=C(Cl)c1ccccc1)C=C(Cl)c1ccccc1. The topological polar surface area (TPSA) is 29.1 Å². The first-order valence-corrected chi connectivity index (χ1v) is 11.9. The number of nitrogens with one attached hydrogen (secondary N) is 1. The number of halogens is 3. The number of rotatable bonds is 6. The van der Waals surface area contributed by atoms with Gasteiger partial charge in [0.25, 0.3) is 0 Å². The van der Waals surface area contributed by atoms with Crippen LogP contribution in [0.4, 0.5) is 5.69 Å². The summed E-state index contributed by atoms with van der Waals surface area (Å²) in [7, 11) is -3.31. The molecule has 3 aromatic carbocycles. The van der Waals surface area contributed by atoms with Crippen LogP contribution in [-0.4, -0.2) is 0 Å². The van der Waals surface area contributed by atoms with Crippen molar-refractivity contribution < 1.29 is 4.57 Å². The second kappa shape index (κ2) is 9.69. The van der Waals surface area contributed by atoms with Gasteiger partial charge in [0.1, 0.15) is 0 Å². The van der Waals surface area contributed by atoms with Gasteiger partial charge in [0.2, 0.25) is 7.29 Å². The van der Waals surface area contributed by atoms with Crippen LogP contribution in [0.2, 0.25) is 5.02 Å². The molecule has 3 aromatic rings. The van der Waals surface area contributed by atoms with Gasteiger partial charge >= 0.3 is 0 Å². The summed E-state index contributed by atoms with van der Waals surface area (Å²) in [5, 5.41) is 4.49. The molecule has 29 heavy (non-hydrogen) atoms. The Morgan fingerprint density at radius 3 is 1.76 bits per heavy atom. The summed E-state index contributed by atoms with van der Waals surface area (Å²) in [6.07, 6.45) is 0. The smallest absolute Gasteiger partial charge is 0.216 e. The van der Waals surface area contributed by atoms with Crippen LogP contribution < -0.4 is 5.09 Å². The molecule has 0 amide bonds. The van der Waals surface area contributed by atoms with Crippen LogP contribution in [-0.2, 0) is 4.57 Å². The molecule has 148 valence electrons. The molecule has 0 bridgehead atoms. The van der Waals surface area contributed by atoms with E-state index in [9.17, 15) is 4.57 Å². The third-order valence-corrected chi connectivity index (χ3v) is 7.26. The van der Waals surface area contributed by atoms with Gasteiger partial charge < -0.3 is 5.09 Å². The minimum absolute atomic E-state index is 0.377. The maximum atomic E-state index is 13.9. The second-order valence-electron chi connectivity index (χ2n) is 6.47. The fourth-order valence-corrected chi connectivity index (χ4v) is 5.87. The minimum Gasteiger partial charge on any atom is -0.330 e. The van der Waals surface area contributed by atoms with Gasteiger partial charge in [-0.25, -0.2) is 0 Å². The Bertz CT molecular complexity index is 1040. The number of hydrogen-bond donors (Lipinski definition) is 1. The van der Waals surface area contributed by atoms with Crippen molar-refractivity contribution in [3.63, 3.8) is 0 Å². The predicted molar refractivity (Wildman–Crippen MR) is 128 cm³/mol. The molecule has 2 nitrogen and oxygen atoms in total. The summed E-state index contributed by atoms with van der Waals surface area (Å²) >= 11 is 19.1. The Hall–Kier alpha value is -1.96. The molecule has 0 aliphatic rings. The fraction of sp³-hybridized carbons (Fsp3) is 0.0435. The lowest BCUT2D eigenvalue weighted by molar-refractivity contribution is 0.589. The zero-order valence-electron chi connectivity index (χ0n) is 15.6. The maximum Gasteiger partial charge on any atom is 0.216 e. The first kappa shape index (κ1) is 21.7. The van der Waals surface area contributed by atoms with Crippen LogP contribution in [0, 0.1) is 6.92 Å². The molecule has 0 saturated heterocycles. The molecular weight excluding hydrogens is 444 g/mol. The predicted octanol–water partition coefficient (Wildman–Crippen LogP) is 8.81. The normalized spacial score (nSPS) is 14.3. The number of aryl methyl sites for hydroxylation is 1. The van der Waals surface area contributed by atoms with Crippen LogP contribution in [0.5, 0.6) is 0 Å². The summed E-state index contributed by atoms with van der Waals surface area (Å²) in [6.45, 7) is 1.89. The average molecular weight is 463 g/mol. The molecule has 0 heterocycles. The highest BCUT2D eigenvalue weighted by atomic mass is 35.5. The molecule has 0 fully saturated rings. The number of benzene rings is 3. The molecule has 6 heteroatoms. The summed E-state index contributed by atoms with van der Waals surface area (Å²) in [5.74, 6) is 3.06.